The molecule has 0 saturated carbocycles. The van der Waals surface area contributed by atoms with Crippen molar-refractivity contribution < 1.29 is 13.2 Å². The van der Waals surface area contributed by atoms with Crippen LogP contribution in [0.2, 0.25) is 0 Å². The van der Waals surface area contributed by atoms with E-state index in [1.165, 1.54) is 0 Å². The van der Waals surface area contributed by atoms with E-state index in [9.17, 15) is 8.42 Å². The zero-order valence-electron chi connectivity index (χ0n) is 13.8. The third-order valence-electron chi connectivity index (χ3n) is 4.66. The molecule has 2 aliphatic heterocycles. The first-order valence-corrected chi connectivity index (χ1v) is 9.90. The van der Waals surface area contributed by atoms with Gasteiger partial charge in [-0.25, -0.2) is 8.42 Å². The summed E-state index contributed by atoms with van der Waals surface area (Å²) >= 11 is 0. The minimum atomic E-state index is -3.38. The van der Waals surface area contributed by atoms with Crippen molar-refractivity contribution in [3.63, 3.8) is 0 Å². The summed E-state index contributed by atoms with van der Waals surface area (Å²) in [5.74, 6) is 0. The van der Waals surface area contributed by atoms with Crippen molar-refractivity contribution in [2.45, 2.75) is 37.2 Å². The van der Waals surface area contributed by atoms with E-state index in [0.717, 1.165) is 51.1 Å². The maximum atomic E-state index is 12.8. The Kier molecular flexibility index (Phi) is 5.36. The van der Waals surface area contributed by atoms with Gasteiger partial charge in [-0.1, -0.05) is 12.1 Å². The van der Waals surface area contributed by atoms with Gasteiger partial charge in [-0.3, -0.25) is 4.90 Å². The number of ether oxygens (including phenoxy) is 1. The van der Waals surface area contributed by atoms with E-state index in [-0.39, 0.29) is 0 Å². The summed E-state index contributed by atoms with van der Waals surface area (Å²) in [6, 6.07) is 7.18. The standard InChI is InChI=1S/C17H26N2O3S/c1-15-5-2-7-17(13-15)23(20,21)19-9-4-8-18(10-11-19)14-16-6-3-12-22-16/h2,5,7,13,16H,3-4,6,8-12,14H2,1H3. The zero-order chi connectivity index (χ0) is 16.3. The van der Waals surface area contributed by atoms with Crippen molar-refractivity contribution >= 4 is 10.0 Å². The molecule has 1 unspecified atom stereocenters. The van der Waals surface area contributed by atoms with Crippen molar-refractivity contribution in [3.05, 3.63) is 29.8 Å². The van der Waals surface area contributed by atoms with Crippen molar-refractivity contribution in [1.82, 2.24) is 9.21 Å². The molecule has 23 heavy (non-hydrogen) atoms. The number of sulfonamides is 1. The maximum Gasteiger partial charge on any atom is 0.243 e. The van der Waals surface area contributed by atoms with Crippen LogP contribution in [0.1, 0.15) is 24.8 Å². The van der Waals surface area contributed by atoms with Crippen molar-refractivity contribution in [1.29, 1.82) is 0 Å². The second-order valence-corrected chi connectivity index (χ2v) is 8.45. The minimum absolute atomic E-state index is 0.329. The van der Waals surface area contributed by atoms with Crippen LogP contribution in [0.3, 0.4) is 0 Å². The van der Waals surface area contributed by atoms with E-state index in [0.29, 0.717) is 24.1 Å². The highest BCUT2D eigenvalue weighted by Gasteiger charge is 2.28. The first kappa shape index (κ1) is 16.9. The van der Waals surface area contributed by atoms with Crippen LogP contribution in [0.5, 0.6) is 0 Å². The van der Waals surface area contributed by atoms with E-state index < -0.39 is 10.0 Å². The third kappa shape index (κ3) is 4.12. The summed E-state index contributed by atoms with van der Waals surface area (Å²) in [7, 11) is -3.38. The lowest BCUT2D eigenvalue weighted by molar-refractivity contribution is 0.0749. The van der Waals surface area contributed by atoms with Crippen LogP contribution < -0.4 is 0 Å². The molecule has 1 atom stereocenters. The molecule has 2 heterocycles. The predicted octanol–water partition coefficient (Wildman–Crippen LogP) is 1.87. The average molecular weight is 338 g/mol. The van der Waals surface area contributed by atoms with Crippen LogP contribution in [-0.4, -0.2) is 63.1 Å². The van der Waals surface area contributed by atoms with Gasteiger partial charge in [0.05, 0.1) is 11.0 Å². The Morgan fingerprint density at radius 3 is 2.78 bits per heavy atom. The smallest absolute Gasteiger partial charge is 0.243 e. The van der Waals surface area contributed by atoms with Gasteiger partial charge in [0.2, 0.25) is 10.0 Å². The van der Waals surface area contributed by atoms with E-state index in [1.54, 1.807) is 16.4 Å². The van der Waals surface area contributed by atoms with Crippen LogP contribution >= 0.6 is 0 Å². The number of benzene rings is 1. The molecule has 0 bridgehead atoms. The van der Waals surface area contributed by atoms with Crippen molar-refractivity contribution in [3.8, 4) is 0 Å². The molecule has 0 N–H and O–H groups in total. The third-order valence-corrected chi connectivity index (χ3v) is 6.56. The van der Waals surface area contributed by atoms with Crippen LogP contribution in [0.4, 0.5) is 0 Å². The van der Waals surface area contributed by atoms with Crippen molar-refractivity contribution in [2.75, 3.05) is 39.3 Å². The zero-order valence-corrected chi connectivity index (χ0v) is 14.6. The molecule has 5 nitrogen and oxygen atoms in total. The Bertz CT molecular complexity index is 626. The Hall–Kier alpha value is -0.950. The average Bonchev–Trinajstić information content (AvgIpc) is 2.91. The second-order valence-electron chi connectivity index (χ2n) is 6.51. The summed E-state index contributed by atoms with van der Waals surface area (Å²) in [4.78, 5) is 2.76. The highest BCUT2D eigenvalue weighted by Crippen LogP contribution is 2.20. The molecular formula is C17H26N2O3S. The van der Waals surface area contributed by atoms with Crippen molar-refractivity contribution in [2.24, 2.45) is 0 Å². The minimum Gasteiger partial charge on any atom is -0.377 e. The van der Waals surface area contributed by atoms with Gasteiger partial charge in [0.15, 0.2) is 0 Å². The van der Waals surface area contributed by atoms with Gasteiger partial charge in [0, 0.05) is 32.8 Å². The van der Waals surface area contributed by atoms with E-state index in [1.807, 2.05) is 19.1 Å². The molecule has 3 rings (SSSR count). The normalized spacial score (nSPS) is 24.7. The highest BCUT2D eigenvalue weighted by molar-refractivity contribution is 7.89. The molecule has 0 spiro atoms. The molecule has 0 amide bonds. The monoisotopic (exact) mass is 338 g/mol. The molecule has 1 aromatic carbocycles. The maximum absolute atomic E-state index is 12.8. The molecule has 0 aromatic heterocycles. The molecule has 2 aliphatic rings. The van der Waals surface area contributed by atoms with Crippen LogP contribution in [0.25, 0.3) is 0 Å². The number of rotatable bonds is 4. The molecule has 2 fully saturated rings. The van der Waals surface area contributed by atoms with Gasteiger partial charge < -0.3 is 4.74 Å². The lowest BCUT2D eigenvalue weighted by atomic mass is 10.2. The first-order valence-electron chi connectivity index (χ1n) is 8.46. The molecule has 2 saturated heterocycles. The van der Waals surface area contributed by atoms with Gasteiger partial charge in [-0.05, 0) is 50.4 Å². The fourth-order valence-electron chi connectivity index (χ4n) is 3.37. The van der Waals surface area contributed by atoms with Gasteiger partial charge in [0.25, 0.3) is 0 Å². The SMILES string of the molecule is Cc1cccc(S(=O)(=O)N2CCCN(CC3CCCO3)CC2)c1. The Morgan fingerprint density at radius 1 is 1.17 bits per heavy atom. The summed E-state index contributed by atoms with van der Waals surface area (Å²) < 4.78 is 33.0. The summed E-state index contributed by atoms with van der Waals surface area (Å²) in [5, 5.41) is 0. The fraction of sp³-hybridized carbons (Fsp3) is 0.647. The van der Waals surface area contributed by atoms with Gasteiger partial charge in [-0.15, -0.1) is 0 Å². The predicted molar refractivity (Wildman–Crippen MR) is 90.0 cm³/mol. The van der Waals surface area contributed by atoms with Crippen LogP contribution in [-0.2, 0) is 14.8 Å². The Labute approximate surface area is 139 Å². The van der Waals surface area contributed by atoms with E-state index in [2.05, 4.69) is 4.90 Å². The summed E-state index contributed by atoms with van der Waals surface area (Å²) in [5.41, 5.74) is 0.973. The molecule has 1 aromatic rings. The van der Waals surface area contributed by atoms with Gasteiger partial charge in [0.1, 0.15) is 0 Å². The molecule has 0 radical (unpaired) electrons. The number of aryl methyl sites for hydroxylation is 1. The summed E-state index contributed by atoms with van der Waals surface area (Å²) in [6.45, 7) is 6.60. The number of hydrogen-bond acceptors (Lipinski definition) is 4. The quantitative estimate of drug-likeness (QED) is 0.841. The number of nitrogens with zero attached hydrogens (tertiary/aromatic N) is 2. The number of hydrogen-bond donors (Lipinski definition) is 0. The Morgan fingerprint density at radius 2 is 2.04 bits per heavy atom. The van der Waals surface area contributed by atoms with E-state index >= 15 is 0 Å². The van der Waals surface area contributed by atoms with Crippen LogP contribution in [0, 0.1) is 6.92 Å². The van der Waals surface area contributed by atoms with Gasteiger partial charge >= 0.3 is 0 Å². The molecule has 128 valence electrons. The van der Waals surface area contributed by atoms with Gasteiger partial charge in [-0.2, -0.15) is 4.31 Å². The Balaban J connectivity index is 1.64. The largest absolute Gasteiger partial charge is 0.377 e. The first-order chi connectivity index (χ1) is 11.1. The van der Waals surface area contributed by atoms with Crippen LogP contribution in [0.15, 0.2) is 29.2 Å². The topological polar surface area (TPSA) is 49.9 Å². The molecule has 0 aliphatic carbocycles. The summed E-state index contributed by atoms with van der Waals surface area (Å²) in [6.07, 6.45) is 3.47. The fourth-order valence-corrected chi connectivity index (χ4v) is 4.95. The highest BCUT2D eigenvalue weighted by atomic mass is 32.2. The molecule has 6 heteroatoms. The lowest BCUT2D eigenvalue weighted by Crippen LogP contribution is -2.37. The second kappa shape index (κ2) is 7.30. The molecular weight excluding hydrogens is 312 g/mol. The van der Waals surface area contributed by atoms with E-state index in [4.69, 9.17) is 4.74 Å². The lowest BCUT2D eigenvalue weighted by Gasteiger charge is -2.24.